The molecule has 5 aromatic carbocycles. The number of para-hydroxylation sites is 1. The van der Waals surface area contributed by atoms with Gasteiger partial charge >= 0.3 is 0 Å². The van der Waals surface area contributed by atoms with Gasteiger partial charge in [0.15, 0.2) is 0 Å². The third-order valence-electron chi connectivity index (χ3n) is 8.09. The molecule has 0 radical (unpaired) electrons. The molecule has 4 N–H and O–H groups in total. The Hall–Kier alpha value is -4.34. The lowest BCUT2D eigenvalue weighted by atomic mass is 9.70. The summed E-state index contributed by atoms with van der Waals surface area (Å²) in [5, 5.41) is 3.70. The Kier molecular flexibility index (Phi) is 4.42. The Balaban J connectivity index is 1.59. The summed E-state index contributed by atoms with van der Waals surface area (Å²) >= 11 is 0. The van der Waals surface area contributed by atoms with Crippen LogP contribution in [0.3, 0.4) is 0 Å². The minimum Gasteiger partial charge on any atom is -0.353 e. The van der Waals surface area contributed by atoms with Crippen LogP contribution in [-0.2, 0) is 5.41 Å². The topological polar surface area (TPSA) is 50.1 Å². The molecular formula is C33H27N3. The maximum absolute atomic E-state index is 6.20. The molecule has 0 atom stereocenters. The largest absolute Gasteiger partial charge is 0.353 e. The first-order chi connectivity index (χ1) is 17.7. The van der Waals surface area contributed by atoms with Crippen LogP contribution >= 0.6 is 0 Å². The number of benzene rings is 5. The number of fused-ring (bicyclic) bond motifs is 10. The van der Waals surface area contributed by atoms with Crippen LogP contribution in [0.1, 0.15) is 33.4 Å². The van der Waals surface area contributed by atoms with E-state index < -0.39 is 0 Å². The highest BCUT2D eigenvalue weighted by atomic mass is 15.2. The first kappa shape index (κ1) is 21.0. The summed E-state index contributed by atoms with van der Waals surface area (Å²) in [7, 11) is 0. The van der Waals surface area contributed by atoms with Crippen molar-refractivity contribution in [1.29, 1.82) is 0 Å². The first-order valence-electron chi connectivity index (χ1n) is 12.4. The molecule has 0 saturated carbocycles. The van der Waals surface area contributed by atoms with Crippen LogP contribution in [0.25, 0.3) is 22.3 Å². The monoisotopic (exact) mass is 465 g/mol. The van der Waals surface area contributed by atoms with Crippen LogP contribution < -0.4 is 16.6 Å². The second kappa shape index (κ2) is 7.58. The highest BCUT2D eigenvalue weighted by Gasteiger charge is 2.52. The second-order valence-electron chi connectivity index (χ2n) is 9.82. The van der Waals surface area contributed by atoms with Gasteiger partial charge in [0.1, 0.15) is 0 Å². The van der Waals surface area contributed by atoms with Crippen LogP contribution in [0.2, 0.25) is 0 Å². The van der Waals surface area contributed by atoms with Gasteiger partial charge in [-0.2, -0.15) is 0 Å². The van der Waals surface area contributed by atoms with E-state index in [4.69, 9.17) is 5.84 Å². The fourth-order valence-electron chi connectivity index (χ4n) is 6.57. The predicted octanol–water partition coefficient (Wildman–Crippen LogP) is 7.68. The molecule has 3 nitrogen and oxygen atoms in total. The molecule has 2 aliphatic carbocycles. The molecule has 174 valence electrons. The van der Waals surface area contributed by atoms with E-state index in [9.17, 15) is 0 Å². The predicted molar refractivity (Wildman–Crippen MR) is 150 cm³/mol. The minimum absolute atomic E-state index is 0.378. The Labute approximate surface area is 211 Å². The number of hydrogen-bond donors (Lipinski definition) is 3. The van der Waals surface area contributed by atoms with Gasteiger partial charge in [0.25, 0.3) is 0 Å². The molecule has 0 saturated heterocycles. The SMILES string of the molecule is Cc1ccccc1Nc1c(NN)cc2c(c1C)-c1ccccc1C21c2ccccc2-c2ccccc21. The summed E-state index contributed by atoms with van der Waals surface area (Å²) in [4.78, 5) is 0. The number of rotatable bonds is 3. The molecule has 7 rings (SSSR count). The van der Waals surface area contributed by atoms with Gasteiger partial charge in [-0.05, 0) is 81.6 Å². The van der Waals surface area contributed by atoms with Crippen molar-refractivity contribution in [1.82, 2.24) is 0 Å². The third kappa shape index (κ3) is 2.55. The maximum Gasteiger partial charge on any atom is 0.0728 e. The molecule has 0 bridgehead atoms. The van der Waals surface area contributed by atoms with Crippen molar-refractivity contribution in [3.63, 3.8) is 0 Å². The van der Waals surface area contributed by atoms with Crippen LogP contribution in [0, 0.1) is 13.8 Å². The van der Waals surface area contributed by atoms with Crippen molar-refractivity contribution in [2.24, 2.45) is 5.84 Å². The van der Waals surface area contributed by atoms with Gasteiger partial charge in [-0.1, -0.05) is 91.0 Å². The average molecular weight is 466 g/mol. The highest BCUT2D eigenvalue weighted by molar-refractivity contribution is 5.99. The lowest BCUT2D eigenvalue weighted by molar-refractivity contribution is 0.793. The molecule has 1 spiro atoms. The normalized spacial score (nSPS) is 13.6. The standard InChI is InChI=1S/C33H27N3/c1-20-11-3-10-18-29(20)35-32-21(2)31-24-14-6-9-17-27(24)33(28(31)19-30(32)36-34)25-15-7-4-12-22(25)23-13-5-8-16-26(23)33/h3-19,35-36H,34H2,1-2H3. The smallest absolute Gasteiger partial charge is 0.0728 e. The Morgan fingerprint density at radius 2 is 1.11 bits per heavy atom. The number of hydrogen-bond acceptors (Lipinski definition) is 3. The van der Waals surface area contributed by atoms with Crippen LogP contribution in [-0.4, -0.2) is 0 Å². The van der Waals surface area contributed by atoms with E-state index in [1.54, 1.807) is 0 Å². The summed E-state index contributed by atoms with van der Waals surface area (Å²) in [6, 6.07) is 37.2. The molecule has 0 fully saturated rings. The Morgan fingerprint density at radius 3 is 1.72 bits per heavy atom. The molecular weight excluding hydrogens is 438 g/mol. The van der Waals surface area contributed by atoms with E-state index in [1.807, 2.05) is 0 Å². The van der Waals surface area contributed by atoms with E-state index in [0.717, 1.165) is 17.1 Å². The van der Waals surface area contributed by atoms with Crippen molar-refractivity contribution < 1.29 is 0 Å². The summed E-state index contributed by atoms with van der Waals surface area (Å²) in [5.74, 6) is 6.20. The minimum atomic E-state index is -0.378. The number of nitrogens with two attached hydrogens (primary N) is 1. The lowest BCUT2D eigenvalue weighted by Crippen LogP contribution is -2.26. The zero-order valence-electron chi connectivity index (χ0n) is 20.4. The van der Waals surface area contributed by atoms with Gasteiger partial charge in [0.2, 0.25) is 0 Å². The fourth-order valence-corrected chi connectivity index (χ4v) is 6.57. The quantitative estimate of drug-likeness (QED) is 0.185. The summed E-state index contributed by atoms with van der Waals surface area (Å²) < 4.78 is 0. The molecule has 0 unspecified atom stereocenters. The Morgan fingerprint density at radius 1 is 0.583 bits per heavy atom. The van der Waals surface area contributed by atoms with Gasteiger partial charge in [-0.25, -0.2) is 0 Å². The van der Waals surface area contributed by atoms with E-state index in [1.165, 1.54) is 55.6 Å². The maximum atomic E-state index is 6.20. The molecule has 3 heteroatoms. The zero-order chi connectivity index (χ0) is 24.4. The van der Waals surface area contributed by atoms with Crippen molar-refractivity contribution in [3.05, 3.63) is 137 Å². The third-order valence-corrected chi connectivity index (χ3v) is 8.09. The highest BCUT2D eigenvalue weighted by Crippen LogP contribution is 2.64. The van der Waals surface area contributed by atoms with Gasteiger partial charge < -0.3 is 10.7 Å². The van der Waals surface area contributed by atoms with E-state index in [0.29, 0.717) is 0 Å². The van der Waals surface area contributed by atoms with Gasteiger partial charge in [-0.15, -0.1) is 0 Å². The number of nitrogens with one attached hydrogen (secondary N) is 2. The summed E-state index contributed by atoms with van der Waals surface area (Å²) in [5.41, 5.74) is 18.5. The van der Waals surface area contributed by atoms with E-state index >= 15 is 0 Å². The van der Waals surface area contributed by atoms with E-state index in [2.05, 4.69) is 128 Å². The van der Waals surface area contributed by atoms with Crippen molar-refractivity contribution in [3.8, 4) is 22.3 Å². The van der Waals surface area contributed by atoms with Gasteiger partial charge in [-0.3, -0.25) is 5.84 Å². The van der Waals surface area contributed by atoms with Crippen molar-refractivity contribution in [2.45, 2.75) is 19.3 Å². The molecule has 0 amide bonds. The average Bonchev–Trinajstić information content (AvgIpc) is 3.38. The van der Waals surface area contributed by atoms with Crippen molar-refractivity contribution in [2.75, 3.05) is 10.7 Å². The number of anilines is 3. The number of nitrogen functional groups attached to an aromatic ring is 1. The Bertz CT molecular complexity index is 1640. The molecule has 36 heavy (non-hydrogen) atoms. The number of hydrazine groups is 1. The first-order valence-corrected chi connectivity index (χ1v) is 12.4. The fraction of sp³-hybridized carbons (Fsp3) is 0.0909. The summed E-state index contributed by atoms with van der Waals surface area (Å²) in [6.07, 6.45) is 0. The molecule has 2 aliphatic rings. The molecule has 5 aromatic rings. The van der Waals surface area contributed by atoms with Crippen molar-refractivity contribution >= 4 is 17.1 Å². The van der Waals surface area contributed by atoms with Gasteiger partial charge in [0, 0.05) is 5.69 Å². The molecule has 0 aromatic heterocycles. The molecule has 0 heterocycles. The molecule has 0 aliphatic heterocycles. The van der Waals surface area contributed by atoms with Crippen LogP contribution in [0.5, 0.6) is 0 Å². The van der Waals surface area contributed by atoms with Crippen LogP contribution in [0.15, 0.2) is 103 Å². The lowest BCUT2D eigenvalue weighted by Gasteiger charge is -2.31. The number of aryl methyl sites for hydroxylation is 1. The van der Waals surface area contributed by atoms with Gasteiger partial charge in [0.05, 0.1) is 16.8 Å². The second-order valence-corrected chi connectivity index (χ2v) is 9.82. The van der Waals surface area contributed by atoms with E-state index in [-0.39, 0.29) is 5.41 Å². The van der Waals surface area contributed by atoms with Crippen LogP contribution in [0.4, 0.5) is 17.1 Å². The zero-order valence-corrected chi connectivity index (χ0v) is 20.4. The summed E-state index contributed by atoms with van der Waals surface area (Å²) in [6.45, 7) is 4.33.